The number of piperazine rings is 1. The van der Waals surface area contributed by atoms with Crippen LogP contribution in [-0.2, 0) is 0 Å². The Morgan fingerprint density at radius 2 is 1.79 bits per heavy atom. The summed E-state index contributed by atoms with van der Waals surface area (Å²) < 4.78 is 5.68. The maximum atomic E-state index is 12.7. The maximum absolute atomic E-state index is 12.7. The van der Waals surface area contributed by atoms with Crippen LogP contribution in [0, 0.1) is 0 Å². The number of aromatic nitrogens is 2. The lowest BCUT2D eigenvalue weighted by Crippen LogP contribution is -2.54. The van der Waals surface area contributed by atoms with Gasteiger partial charge in [0.25, 0.3) is 0 Å². The van der Waals surface area contributed by atoms with Crippen molar-refractivity contribution in [2.75, 3.05) is 18.0 Å². The highest BCUT2D eigenvalue weighted by atomic mass is 16.4. The topological polar surface area (TPSA) is 71.3 Å². The molecule has 146 valence electrons. The first-order valence-electron chi connectivity index (χ1n) is 9.88. The van der Waals surface area contributed by atoms with Crippen molar-refractivity contribution in [2.45, 2.75) is 25.9 Å². The average Bonchev–Trinajstić information content (AvgIpc) is 2.72. The number of fused-ring (bicyclic) bond motifs is 2. The van der Waals surface area contributed by atoms with Crippen LogP contribution in [0.4, 0.5) is 5.69 Å². The van der Waals surface area contributed by atoms with E-state index in [1.807, 2.05) is 42.5 Å². The van der Waals surface area contributed by atoms with Gasteiger partial charge in [-0.3, -0.25) is 4.98 Å². The SMILES string of the molecule is CC1CN(c2ccc3cc(-c4cnc5ccccc5n4)c(=O)oc3c2)CC(C)N1. The summed E-state index contributed by atoms with van der Waals surface area (Å²) in [5.41, 5.74) is 3.75. The summed E-state index contributed by atoms with van der Waals surface area (Å²) in [6.45, 7) is 6.21. The average molecular weight is 386 g/mol. The van der Waals surface area contributed by atoms with E-state index >= 15 is 0 Å². The third kappa shape index (κ3) is 3.36. The normalized spacial score (nSPS) is 19.7. The van der Waals surface area contributed by atoms with E-state index in [9.17, 15) is 4.79 Å². The second-order valence-electron chi connectivity index (χ2n) is 7.79. The van der Waals surface area contributed by atoms with Gasteiger partial charge in [0.05, 0.1) is 28.5 Å². The molecule has 5 rings (SSSR count). The van der Waals surface area contributed by atoms with Crippen LogP contribution in [0.2, 0.25) is 0 Å². The van der Waals surface area contributed by atoms with Gasteiger partial charge in [-0.2, -0.15) is 0 Å². The predicted octanol–water partition coefficient (Wildman–Crippen LogP) is 3.59. The number of para-hydroxylation sites is 2. The van der Waals surface area contributed by atoms with E-state index < -0.39 is 5.63 Å². The first kappa shape index (κ1) is 17.8. The smallest absolute Gasteiger partial charge is 0.345 e. The van der Waals surface area contributed by atoms with Gasteiger partial charge in [-0.05, 0) is 44.2 Å². The minimum Gasteiger partial charge on any atom is -0.422 e. The lowest BCUT2D eigenvalue weighted by molar-refractivity contribution is 0.407. The van der Waals surface area contributed by atoms with Gasteiger partial charge in [0.2, 0.25) is 0 Å². The molecule has 0 aliphatic carbocycles. The molecule has 1 aliphatic heterocycles. The molecule has 0 spiro atoms. The molecule has 4 aromatic rings. The van der Waals surface area contributed by atoms with E-state index in [2.05, 4.69) is 40.1 Å². The molecule has 0 amide bonds. The Kier molecular flexibility index (Phi) is 4.28. The molecule has 29 heavy (non-hydrogen) atoms. The summed E-state index contributed by atoms with van der Waals surface area (Å²) in [6, 6.07) is 16.3. The van der Waals surface area contributed by atoms with Crippen LogP contribution in [0.5, 0.6) is 0 Å². The largest absolute Gasteiger partial charge is 0.422 e. The van der Waals surface area contributed by atoms with Crippen LogP contribution in [0.25, 0.3) is 33.3 Å². The number of benzene rings is 2. The van der Waals surface area contributed by atoms with Crippen molar-refractivity contribution in [2.24, 2.45) is 0 Å². The van der Waals surface area contributed by atoms with Gasteiger partial charge in [0, 0.05) is 42.3 Å². The summed E-state index contributed by atoms with van der Waals surface area (Å²) in [6.07, 6.45) is 1.62. The van der Waals surface area contributed by atoms with Gasteiger partial charge in [0.15, 0.2) is 0 Å². The lowest BCUT2D eigenvalue weighted by Gasteiger charge is -2.37. The molecule has 2 aromatic heterocycles. The number of nitrogens with one attached hydrogen (secondary N) is 1. The van der Waals surface area contributed by atoms with Crippen molar-refractivity contribution in [1.82, 2.24) is 15.3 Å². The zero-order chi connectivity index (χ0) is 20.0. The number of hydrogen-bond acceptors (Lipinski definition) is 6. The minimum atomic E-state index is -0.402. The number of anilines is 1. The first-order chi connectivity index (χ1) is 14.1. The van der Waals surface area contributed by atoms with Crippen molar-refractivity contribution < 1.29 is 4.42 Å². The van der Waals surface area contributed by atoms with Crippen LogP contribution in [-0.4, -0.2) is 35.1 Å². The Balaban J connectivity index is 1.55. The second-order valence-corrected chi connectivity index (χ2v) is 7.79. The van der Waals surface area contributed by atoms with Crippen molar-refractivity contribution in [1.29, 1.82) is 0 Å². The Bertz CT molecular complexity index is 1260. The number of hydrogen-bond donors (Lipinski definition) is 1. The zero-order valence-electron chi connectivity index (χ0n) is 16.4. The molecule has 2 unspecified atom stereocenters. The summed E-state index contributed by atoms with van der Waals surface area (Å²) in [4.78, 5) is 24.0. The van der Waals surface area contributed by atoms with E-state index in [0.717, 1.165) is 35.2 Å². The third-order valence-electron chi connectivity index (χ3n) is 5.37. The van der Waals surface area contributed by atoms with Crippen LogP contribution >= 0.6 is 0 Å². The predicted molar refractivity (Wildman–Crippen MR) is 115 cm³/mol. The Morgan fingerprint density at radius 1 is 1.03 bits per heavy atom. The van der Waals surface area contributed by atoms with E-state index in [4.69, 9.17) is 4.42 Å². The molecular formula is C23H22N4O2. The second kappa shape index (κ2) is 6.97. The minimum absolute atomic E-state index is 0.402. The van der Waals surface area contributed by atoms with Crippen LogP contribution in [0.15, 0.2) is 63.9 Å². The molecule has 1 aliphatic rings. The van der Waals surface area contributed by atoms with Crippen molar-refractivity contribution >= 4 is 27.7 Å². The van der Waals surface area contributed by atoms with Gasteiger partial charge < -0.3 is 14.6 Å². The highest BCUT2D eigenvalue weighted by Gasteiger charge is 2.21. The molecule has 0 saturated carbocycles. The van der Waals surface area contributed by atoms with Gasteiger partial charge in [-0.15, -0.1) is 0 Å². The van der Waals surface area contributed by atoms with Gasteiger partial charge in [-0.1, -0.05) is 12.1 Å². The molecule has 0 bridgehead atoms. The van der Waals surface area contributed by atoms with Gasteiger partial charge in [-0.25, -0.2) is 9.78 Å². The molecule has 3 heterocycles. The van der Waals surface area contributed by atoms with Crippen LogP contribution in [0.1, 0.15) is 13.8 Å². The summed E-state index contributed by atoms with van der Waals surface area (Å²) in [5.74, 6) is 0. The highest BCUT2D eigenvalue weighted by Crippen LogP contribution is 2.26. The van der Waals surface area contributed by atoms with Crippen molar-refractivity contribution in [3.8, 4) is 11.3 Å². The van der Waals surface area contributed by atoms with Gasteiger partial charge in [0.1, 0.15) is 5.58 Å². The van der Waals surface area contributed by atoms with Crippen molar-refractivity contribution in [3.63, 3.8) is 0 Å². The third-order valence-corrected chi connectivity index (χ3v) is 5.37. The molecule has 0 radical (unpaired) electrons. The molecule has 1 fully saturated rings. The summed E-state index contributed by atoms with van der Waals surface area (Å²) >= 11 is 0. The molecular weight excluding hydrogens is 364 g/mol. The van der Waals surface area contributed by atoms with Crippen LogP contribution < -0.4 is 15.8 Å². The Labute approximate surface area is 168 Å². The first-order valence-corrected chi connectivity index (χ1v) is 9.88. The number of nitrogens with zero attached hydrogens (tertiary/aromatic N) is 3. The maximum Gasteiger partial charge on any atom is 0.345 e. The van der Waals surface area contributed by atoms with E-state index in [1.165, 1.54) is 0 Å². The Morgan fingerprint density at radius 3 is 2.59 bits per heavy atom. The quantitative estimate of drug-likeness (QED) is 0.531. The Hall–Kier alpha value is -3.25. The summed E-state index contributed by atoms with van der Waals surface area (Å²) in [7, 11) is 0. The monoisotopic (exact) mass is 386 g/mol. The van der Waals surface area contributed by atoms with Gasteiger partial charge >= 0.3 is 5.63 Å². The molecule has 1 saturated heterocycles. The molecule has 6 heteroatoms. The lowest BCUT2D eigenvalue weighted by atomic mass is 10.1. The molecule has 2 aromatic carbocycles. The zero-order valence-corrected chi connectivity index (χ0v) is 16.4. The fourth-order valence-corrected chi connectivity index (χ4v) is 4.10. The van der Waals surface area contributed by atoms with Crippen molar-refractivity contribution in [3.05, 3.63) is 65.1 Å². The molecule has 6 nitrogen and oxygen atoms in total. The molecule has 2 atom stereocenters. The standard InChI is InChI=1S/C23H22N4O2/c1-14-12-27(13-15(2)25-14)17-8-7-16-9-18(23(28)29-22(16)10-17)21-11-24-19-5-3-4-6-20(19)26-21/h3-11,14-15,25H,12-13H2,1-2H3. The highest BCUT2D eigenvalue weighted by molar-refractivity contribution is 5.85. The fraction of sp³-hybridized carbons (Fsp3) is 0.261. The number of rotatable bonds is 2. The van der Waals surface area contributed by atoms with E-state index in [0.29, 0.717) is 28.9 Å². The fourth-order valence-electron chi connectivity index (χ4n) is 4.10. The summed E-state index contributed by atoms with van der Waals surface area (Å²) in [5, 5.41) is 4.41. The molecule has 1 N–H and O–H groups in total. The van der Waals surface area contributed by atoms with E-state index in [-0.39, 0.29) is 0 Å². The van der Waals surface area contributed by atoms with E-state index in [1.54, 1.807) is 6.20 Å². The van der Waals surface area contributed by atoms with Crippen LogP contribution in [0.3, 0.4) is 0 Å².